The van der Waals surface area contributed by atoms with E-state index in [9.17, 15) is 4.79 Å². The second-order valence-electron chi connectivity index (χ2n) is 6.40. The van der Waals surface area contributed by atoms with E-state index >= 15 is 0 Å². The minimum atomic E-state index is -0.266. The van der Waals surface area contributed by atoms with Crippen molar-refractivity contribution in [3.63, 3.8) is 0 Å². The first kappa shape index (κ1) is 16.2. The average Bonchev–Trinajstić information content (AvgIpc) is 3.16. The van der Waals surface area contributed by atoms with Gasteiger partial charge in [0.2, 0.25) is 10.9 Å². The second-order valence-corrected chi connectivity index (χ2v) is 9.13. The summed E-state index contributed by atoms with van der Waals surface area (Å²) in [5.41, 5.74) is 0.819. The monoisotopic (exact) mass is 400 g/mol. The summed E-state index contributed by atoms with van der Waals surface area (Å²) in [7, 11) is 0. The second kappa shape index (κ2) is 6.29. The molecule has 1 aliphatic rings. The zero-order chi connectivity index (χ0) is 17.6. The van der Waals surface area contributed by atoms with E-state index in [0.29, 0.717) is 6.54 Å². The maximum Gasteiger partial charge on any atom is 0.231 e. The highest BCUT2D eigenvalue weighted by Gasteiger charge is 2.51. The molecule has 0 saturated heterocycles. The fourth-order valence-electron chi connectivity index (χ4n) is 3.14. The number of thiophene rings is 2. The van der Waals surface area contributed by atoms with Crippen LogP contribution in [0.2, 0.25) is 0 Å². The molecule has 0 unspecified atom stereocenters. The molecule has 0 aliphatic heterocycles. The van der Waals surface area contributed by atoms with Gasteiger partial charge in [-0.15, -0.1) is 39.1 Å². The molecule has 4 heterocycles. The quantitative estimate of drug-likeness (QED) is 0.533. The van der Waals surface area contributed by atoms with Gasteiger partial charge in [-0.2, -0.15) is 4.98 Å². The molecule has 1 amide bonds. The molecule has 26 heavy (non-hydrogen) atoms. The molecule has 1 saturated carbocycles. The van der Waals surface area contributed by atoms with E-state index < -0.39 is 0 Å². The van der Waals surface area contributed by atoms with E-state index in [2.05, 4.69) is 26.8 Å². The van der Waals surface area contributed by atoms with Crippen LogP contribution in [0.5, 0.6) is 0 Å². The number of carbonyl (C=O) groups is 1. The van der Waals surface area contributed by atoms with Gasteiger partial charge in [-0.05, 0) is 35.7 Å². The molecule has 1 fully saturated rings. The molecule has 1 aliphatic carbocycles. The van der Waals surface area contributed by atoms with Crippen LogP contribution in [0.15, 0.2) is 40.4 Å². The van der Waals surface area contributed by atoms with E-state index in [-0.39, 0.29) is 11.3 Å². The molecule has 4 aromatic heterocycles. The van der Waals surface area contributed by atoms with Gasteiger partial charge >= 0.3 is 0 Å². The van der Waals surface area contributed by atoms with Gasteiger partial charge in [-0.3, -0.25) is 4.79 Å². The van der Waals surface area contributed by atoms with Crippen molar-refractivity contribution in [1.29, 1.82) is 0 Å². The van der Waals surface area contributed by atoms with Gasteiger partial charge in [0.05, 0.1) is 16.0 Å². The Morgan fingerprint density at radius 2 is 2.04 bits per heavy atom. The Morgan fingerprint density at radius 3 is 2.77 bits per heavy atom. The summed E-state index contributed by atoms with van der Waals surface area (Å²) in [6, 6.07) is 8.13. The topological polar surface area (TPSA) is 59.3 Å². The van der Waals surface area contributed by atoms with Gasteiger partial charge in [0, 0.05) is 23.2 Å². The Hall–Kier alpha value is -2.03. The number of rotatable bonds is 6. The Kier molecular flexibility index (Phi) is 3.91. The van der Waals surface area contributed by atoms with Crippen LogP contribution in [0.4, 0.5) is 0 Å². The molecule has 8 heteroatoms. The Balaban J connectivity index is 1.27. The zero-order valence-electron chi connectivity index (χ0n) is 13.8. The van der Waals surface area contributed by atoms with Crippen LogP contribution in [-0.4, -0.2) is 27.0 Å². The summed E-state index contributed by atoms with van der Waals surface area (Å²) in [5, 5.41) is 13.9. The van der Waals surface area contributed by atoms with Crippen LogP contribution in [-0.2, 0) is 16.6 Å². The number of aromatic nitrogens is 3. The number of nitrogens with zero attached hydrogens (tertiary/aromatic N) is 3. The molecular formula is C18H16N4OS3. The van der Waals surface area contributed by atoms with E-state index in [0.717, 1.165) is 40.6 Å². The van der Waals surface area contributed by atoms with Gasteiger partial charge in [0.1, 0.15) is 0 Å². The summed E-state index contributed by atoms with van der Waals surface area (Å²) in [6.07, 6.45) is 2.66. The molecule has 0 spiro atoms. The lowest BCUT2D eigenvalue weighted by molar-refractivity contribution is -0.123. The number of thiazole rings is 1. The van der Waals surface area contributed by atoms with E-state index in [1.807, 2.05) is 33.5 Å². The fraction of sp³-hybridized carbons (Fsp3) is 0.278. The third kappa shape index (κ3) is 2.69. The van der Waals surface area contributed by atoms with Gasteiger partial charge in [0.25, 0.3) is 0 Å². The highest BCUT2D eigenvalue weighted by molar-refractivity contribution is 7.15. The van der Waals surface area contributed by atoms with Crippen LogP contribution in [0, 0.1) is 0 Å². The molecule has 0 aromatic carbocycles. The number of amides is 1. The summed E-state index contributed by atoms with van der Waals surface area (Å²) < 4.78 is 1.90. The number of hydrogen-bond donors (Lipinski definition) is 1. The number of carbonyl (C=O) groups excluding carboxylic acids is 1. The lowest BCUT2D eigenvalue weighted by Gasteiger charge is -2.13. The number of fused-ring (bicyclic) bond motifs is 1. The first-order chi connectivity index (χ1) is 12.8. The molecule has 4 aromatic rings. The molecule has 0 atom stereocenters. The highest BCUT2D eigenvalue weighted by atomic mass is 32.1. The number of hydrogen-bond acceptors (Lipinski definition) is 6. The highest BCUT2D eigenvalue weighted by Crippen LogP contribution is 2.50. The van der Waals surface area contributed by atoms with E-state index in [1.54, 1.807) is 34.0 Å². The van der Waals surface area contributed by atoms with Crippen molar-refractivity contribution in [3.8, 4) is 10.7 Å². The summed E-state index contributed by atoms with van der Waals surface area (Å²) in [6.45, 7) is 0.617. The van der Waals surface area contributed by atoms with Crippen molar-refractivity contribution in [2.24, 2.45) is 0 Å². The first-order valence-electron chi connectivity index (χ1n) is 8.46. The van der Waals surface area contributed by atoms with Crippen LogP contribution < -0.4 is 5.32 Å². The van der Waals surface area contributed by atoms with Gasteiger partial charge in [0.15, 0.2) is 5.82 Å². The predicted molar refractivity (Wildman–Crippen MR) is 106 cm³/mol. The molecule has 0 radical (unpaired) electrons. The molecular weight excluding hydrogens is 384 g/mol. The number of nitrogens with one attached hydrogen (secondary N) is 1. The zero-order valence-corrected chi connectivity index (χ0v) is 16.3. The fourth-order valence-corrected chi connectivity index (χ4v) is 5.63. The Bertz CT molecular complexity index is 1040. The van der Waals surface area contributed by atoms with E-state index in [1.165, 1.54) is 4.88 Å². The van der Waals surface area contributed by atoms with Crippen LogP contribution in [0.25, 0.3) is 15.7 Å². The van der Waals surface area contributed by atoms with Crippen molar-refractivity contribution < 1.29 is 4.79 Å². The van der Waals surface area contributed by atoms with Crippen molar-refractivity contribution in [2.45, 2.75) is 24.7 Å². The first-order valence-corrected chi connectivity index (χ1v) is 11.1. The maximum absolute atomic E-state index is 12.6. The lowest BCUT2D eigenvalue weighted by atomic mass is 10.0. The van der Waals surface area contributed by atoms with Gasteiger partial charge in [-0.25, -0.2) is 4.52 Å². The van der Waals surface area contributed by atoms with Crippen LogP contribution >= 0.6 is 34.0 Å². The van der Waals surface area contributed by atoms with Crippen LogP contribution in [0.1, 0.15) is 23.4 Å². The third-order valence-corrected chi connectivity index (χ3v) is 7.54. The van der Waals surface area contributed by atoms with Crippen molar-refractivity contribution in [3.05, 3.63) is 51.0 Å². The molecule has 0 bridgehead atoms. The molecule has 5 rings (SSSR count). The van der Waals surface area contributed by atoms with E-state index in [4.69, 9.17) is 0 Å². The molecule has 1 N–H and O–H groups in total. The summed E-state index contributed by atoms with van der Waals surface area (Å²) in [4.78, 5) is 20.4. The van der Waals surface area contributed by atoms with Gasteiger partial charge in [-0.1, -0.05) is 12.1 Å². The summed E-state index contributed by atoms with van der Waals surface area (Å²) in [5.74, 6) is 0.927. The van der Waals surface area contributed by atoms with Crippen molar-refractivity contribution in [1.82, 2.24) is 19.9 Å². The Morgan fingerprint density at radius 1 is 1.19 bits per heavy atom. The smallest absolute Gasteiger partial charge is 0.231 e. The van der Waals surface area contributed by atoms with Crippen LogP contribution in [0.3, 0.4) is 0 Å². The minimum absolute atomic E-state index is 0.157. The SMILES string of the molecule is O=C(NCCc1csc2nc(-c3cccs3)nn12)C1(c2cccs2)CC1. The maximum atomic E-state index is 12.6. The summed E-state index contributed by atoms with van der Waals surface area (Å²) >= 11 is 4.91. The molecule has 132 valence electrons. The van der Waals surface area contributed by atoms with Gasteiger partial charge < -0.3 is 5.32 Å². The third-order valence-electron chi connectivity index (χ3n) is 4.74. The lowest BCUT2D eigenvalue weighted by Crippen LogP contribution is -2.35. The predicted octanol–water partition coefficient (Wildman–Crippen LogP) is 3.97. The van der Waals surface area contributed by atoms with Crippen molar-refractivity contribution >= 4 is 44.9 Å². The minimum Gasteiger partial charge on any atom is -0.355 e. The normalized spacial score (nSPS) is 15.4. The average molecular weight is 401 g/mol. The Labute approximate surface area is 162 Å². The standard InChI is InChI=1S/C18H16N4OS3/c23-16(18(6-7-18)14-4-2-10-25-14)19-8-5-12-11-26-17-20-15(21-22(12)17)13-3-1-9-24-13/h1-4,9-11H,5-8H2,(H,19,23). The largest absolute Gasteiger partial charge is 0.355 e. The van der Waals surface area contributed by atoms with Crippen molar-refractivity contribution in [2.75, 3.05) is 6.54 Å². The molecule has 5 nitrogen and oxygen atoms in total.